The Morgan fingerprint density at radius 2 is 2.27 bits per heavy atom. The van der Waals surface area contributed by atoms with Gasteiger partial charge in [0.1, 0.15) is 5.52 Å². The van der Waals surface area contributed by atoms with Crippen LogP contribution >= 0.6 is 11.6 Å². The number of hydrogen-bond donors (Lipinski definition) is 0. The van der Waals surface area contributed by atoms with Crippen molar-refractivity contribution in [3.8, 4) is 0 Å². The highest BCUT2D eigenvalue weighted by atomic mass is 35.5. The maximum absolute atomic E-state index is 5.83. The SMILES string of the molecule is Cn1cc2cncc(Cl)c2n1. The molecule has 0 radical (unpaired) electrons. The van der Waals surface area contributed by atoms with Crippen LogP contribution in [0.25, 0.3) is 10.9 Å². The van der Waals surface area contributed by atoms with E-state index >= 15 is 0 Å². The van der Waals surface area contributed by atoms with Gasteiger partial charge in [-0.3, -0.25) is 9.67 Å². The molecule has 0 aliphatic rings. The molecular formula is C7H6ClN3. The van der Waals surface area contributed by atoms with Crippen LogP contribution in [0.3, 0.4) is 0 Å². The lowest BCUT2D eigenvalue weighted by atomic mass is 10.3. The molecule has 0 unspecified atom stereocenters. The molecule has 2 aromatic heterocycles. The summed E-state index contributed by atoms with van der Waals surface area (Å²) in [6.07, 6.45) is 5.22. The molecule has 0 saturated carbocycles. The molecule has 0 fully saturated rings. The smallest absolute Gasteiger partial charge is 0.114 e. The predicted molar refractivity (Wildman–Crippen MR) is 43.5 cm³/mol. The van der Waals surface area contributed by atoms with Crippen LogP contribution in [0.15, 0.2) is 18.6 Å². The van der Waals surface area contributed by atoms with Gasteiger partial charge in [0.2, 0.25) is 0 Å². The molecule has 2 heterocycles. The zero-order chi connectivity index (χ0) is 7.84. The van der Waals surface area contributed by atoms with E-state index in [0.29, 0.717) is 5.02 Å². The van der Waals surface area contributed by atoms with Gasteiger partial charge in [-0.15, -0.1) is 0 Å². The normalized spacial score (nSPS) is 10.7. The van der Waals surface area contributed by atoms with Crippen LogP contribution in [0.4, 0.5) is 0 Å². The van der Waals surface area contributed by atoms with E-state index in [1.165, 1.54) is 0 Å². The molecule has 0 aliphatic carbocycles. The molecule has 0 aromatic carbocycles. The second-order valence-electron chi connectivity index (χ2n) is 2.36. The van der Waals surface area contributed by atoms with Crippen LogP contribution in [-0.2, 0) is 7.05 Å². The maximum atomic E-state index is 5.83. The highest BCUT2D eigenvalue weighted by Crippen LogP contribution is 2.18. The van der Waals surface area contributed by atoms with Gasteiger partial charge in [-0.1, -0.05) is 11.6 Å². The molecule has 0 saturated heterocycles. The third-order valence-corrected chi connectivity index (χ3v) is 1.76. The first-order valence-electron chi connectivity index (χ1n) is 3.20. The van der Waals surface area contributed by atoms with Gasteiger partial charge in [-0.2, -0.15) is 5.10 Å². The summed E-state index contributed by atoms with van der Waals surface area (Å²) >= 11 is 5.83. The van der Waals surface area contributed by atoms with Gasteiger partial charge >= 0.3 is 0 Å². The first kappa shape index (κ1) is 6.61. The first-order chi connectivity index (χ1) is 5.27. The summed E-state index contributed by atoms with van der Waals surface area (Å²) in [6.45, 7) is 0. The molecule has 0 N–H and O–H groups in total. The van der Waals surface area contributed by atoms with Crippen molar-refractivity contribution in [2.75, 3.05) is 0 Å². The lowest BCUT2D eigenvalue weighted by Gasteiger charge is -1.87. The van der Waals surface area contributed by atoms with Crippen molar-refractivity contribution < 1.29 is 0 Å². The van der Waals surface area contributed by atoms with Gasteiger partial charge in [-0.25, -0.2) is 0 Å². The molecule has 0 atom stereocenters. The molecule has 56 valence electrons. The van der Waals surface area contributed by atoms with E-state index in [1.807, 2.05) is 13.2 Å². The summed E-state index contributed by atoms with van der Waals surface area (Å²) in [5.74, 6) is 0. The summed E-state index contributed by atoms with van der Waals surface area (Å²) in [5.41, 5.74) is 0.809. The molecular weight excluding hydrogens is 162 g/mol. The number of aryl methyl sites for hydroxylation is 1. The number of halogens is 1. The average Bonchev–Trinajstić information content (AvgIpc) is 2.31. The summed E-state index contributed by atoms with van der Waals surface area (Å²) < 4.78 is 1.72. The largest absolute Gasteiger partial charge is 0.274 e. The van der Waals surface area contributed by atoms with Crippen LogP contribution in [0.5, 0.6) is 0 Å². The van der Waals surface area contributed by atoms with Gasteiger partial charge in [0, 0.05) is 31.0 Å². The van der Waals surface area contributed by atoms with Crippen LogP contribution < -0.4 is 0 Å². The predicted octanol–water partition coefficient (Wildman–Crippen LogP) is 1.62. The molecule has 0 aliphatic heterocycles. The fraction of sp³-hybridized carbons (Fsp3) is 0.143. The van der Waals surface area contributed by atoms with E-state index in [4.69, 9.17) is 11.6 Å². The van der Waals surface area contributed by atoms with Crippen LogP contribution in [-0.4, -0.2) is 14.8 Å². The summed E-state index contributed by atoms with van der Waals surface area (Å²) in [4.78, 5) is 3.94. The highest BCUT2D eigenvalue weighted by Gasteiger charge is 2.01. The van der Waals surface area contributed by atoms with Gasteiger partial charge in [-0.05, 0) is 0 Å². The van der Waals surface area contributed by atoms with Gasteiger partial charge < -0.3 is 0 Å². The number of hydrogen-bond acceptors (Lipinski definition) is 2. The van der Waals surface area contributed by atoms with Gasteiger partial charge in [0.15, 0.2) is 0 Å². The van der Waals surface area contributed by atoms with Crippen molar-refractivity contribution in [1.29, 1.82) is 0 Å². The second kappa shape index (κ2) is 2.20. The lowest BCUT2D eigenvalue weighted by Crippen LogP contribution is -1.85. The molecule has 0 spiro atoms. The fourth-order valence-corrected chi connectivity index (χ4v) is 1.23. The number of nitrogens with zero attached hydrogens (tertiary/aromatic N) is 3. The Morgan fingerprint density at radius 3 is 3.00 bits per heavy atom. The van der Waals surface area contributed by atoms with E-state index in [2.05, 4.69) is 10.1 Å². The van der Waals surface area contributed by atoms with Crippen LogP contribution in [0.2, 0.25) is 5.02 Å². The van der Waals surface area contributed by atoms with Crippen molar-refractivity contribution in [2.45, 2.75) is 0 Å². The molecule has 4 heteroatoms. The Morgan fingerprint density at radius 1 is 1.45 bits per heavy atom. The number of aromatic nitrogens is 3. The molecule has 11 heavy (non-hydrogen) atoms. The fourth-order valence-electron chi connectivity index (χ4n) is 1.03. The average molecular weight is 168 g/mol. The van der Waals surface area contributed by atoms with E-state index in [1.54, 1.807) is 17.1 Å². The highest BCUT2D eigenvalue weighted by molar-refractivity contribution is 6.34. The third-order valence-electron chi connectivity index (χ3n) is 1.48. The van der Waals surface area contributed by atoms with Crippen molar-refractivity contribution in [3.63, 3.8) is 0 Å². The minimum Gasteiger partial charge on any atom is -0.274 e. The minimum atomic E-state index is 0.600. The summed E-state index contributed by atoms with van der Waals surface area (Å²) in [5, 5.41) is 5.73. The van der Waals surface area contributed by atoms with Crippen molar-refractivity contribution in [1.82, 2.24) is 14.8 Å². The molecule has 3 nitrogen and oxygen atoms in total. The van der Waals surface area contributed by atoms with Crippen LogP contribution in [0, 0.1) is 0 Å². The standard InChI is InChI=1S/C7H6ClN3/c1-11-4-5-2-9-3-6(8)7(5)10-11/h2-4H,1H3. The summed E-state index contributed by atoms with van der Waals surface area (Å²) in [6, 6.07) is 0. The zero-order valence-electron chi connectivity index (χ0n) is 5.95. The Labute approximate surface area is 68.6 Å². The Hall–Kier alpha value is -1.09. The number of rotatable bonds is 0. The Balaban J connectivity index is 2.90. The Kier molecular flexibility index (Phi) is 1.32. The monoisotopic (exact) mass is 167 g/mol. The van der Waals surface area contributed by atoms with E-state index in [-0.39, 0.29) is 0 Å². The lowest BCUT2D eigenvalue weighted by molar-refractivity contribution is 0.780. The van der Waals surface area contributed by atoms with E-state index in [0.717, 1.165) is 10.9 Å². The third kappa shape index (κ3) is 0.973. The van der Waals surface area contributed by atoms with Gasteiger partial charge in [0.05, 0.1) is 5.02 Å². The molecule has 0 bridgehead atoms. The van der Waals surface area contributed by atoms with E-state index < -0.39 is 0 Å². The van der Waals surface area contributed by atoms with Crippen molar-refractivity contribution in [2.24, 2.45) is 7.05 Å². The molecule has 2 aromatic rings. The van der Waals surface area contributed by atoms with E-state index in [9.17, 15) is 0 Å². The number of pyridine rings is 1. The first-order valence-corrected chi connectivity index (χ1v) is 3.58. The Bertz CT molecular complexity index is 393. The molecule has 2 rings (SSSR count). The zero-order valence-corrected chi connectivity index (χ0v) is 6.71. The second-order valence-corrected chi connectivity index (χ2v) is 2.77. The minimum absolute atomic E-state index is 0.600. The van der Waals surface area contributed by atoms with Crippen molar-refractivity contribution in [3.05, 3.63) is 23.6 Å². The van der Waals surface area contributed by atoms with Gasteiger partial charge in [0.25, 0.3) is 0 Å². The topological polar surface area (TPSA) is 30.7 Å². The quantitative estimate of drug-likeness (QED) is 0.597. The molecule has 0 amide bonds. The maximum Gasteiger partial charge on any atom is 0.114 e. The van der Waals surface area contributed by atoms with Crippen LogP contribution in [0.1, 0.15) is 0 Å². The van der Waals surface area contributed by atoms with Crippen molar-refractivity contribution >= 4 is 22.5 Å². The summed E-state index contributed by atoms with van der Waals surface area (Å²) in [7, 11) is 1.86. The number of fused-ring (bicyclic) bond motifs is 1.